The summed E-state index contributed by atoms with van der Waals surface area (Å²) in [4.78, 5) is 0. The number of hydrogen-bond donors (Lipinski definition) is 0. The van der Waals surface area contributed by atoms with E-state index < -0.39 is 0 Å². The number of rotatable bonds is 6. The van der Waals surface area contributed by atoms with Crippen LogP contribution in [0, 0.1) is 12.3 Å². The zero-order chi connectivity index (χ0) is 15.8. The molecule has 0 aliphatic carbocycles. The molecule has 0 spiro atoms. The predicted octanol–water partition coefficient (Wildman–Crippen LogP) is 3.89. The second-order valence-electron chi connectivity index (χ2n) is 4.54. The van der Waals surface area contributed by atoms with Crippen LogP contribution in [0.4, 0.5) is 0 Å². The fourth-order valence-electron chi connectivity index (χ4n) is 1.92. The van der Waals surface area contributed by atoms with Crippen LogP contribution < -0.4 is 14.2 Å². The van der Waals surface area contributed by atoms with E-state index in [1.807, 2.05) is 54.6 Å². The predicted molar refractivity (Wildman–Crippen MR) is 89.2 cm³/mol. The summed E-state index contributed by atoms with van der Waals surface area (Å²) in [7, 11) is 3.27. The Morgan fingerprint density at radius 2 is 1.45 bits per heavy atom. The molecule has 0 atom stereocenters. The first-order valence-corrected chi connectivity index (χ1v) is 6.82. The Balaban J connectivity index is 2.12. The molecule has 0 amide bonds. The van der Waals surface area contributed by atoms with Crippen LogP contribution in [0.5, 0.6) is 17.2 Å². The third kappa shape index (κ3) is 4.32. The van der Waals surface area contributed by atoms with Crippen LogP contribution in [0.2, 0.25) is 0 Å². The van der Waals surface area contributed by atoms with Crippen molar-refractivity contribution in [2.24, 2.45) is 0 Å². The molecule has 0 N–H and O–H groups in total. The summed E-state index contributed by atoms with van der Waals surface area (Å²) >= 11 is 0. The minimum absolute atomic E-state index is 0.277. The molecule has 2 aromatic carbocycles. The second-order valence-corrected chi connectivity index (χ2v) is 4.54. The van der Waals surface area contributed by atoms with Gasteiger partial charge in [0.1, 0.15) is 23.9 Å². The Morgan fingerprint density at radius 1 is 0.864 bits per heavy atom. The van der Waals surface area contributed by atoms with Gasteiger partial charge < -0.3 is 14.2 Å². The summed E-state index contributed by atoms with van der Waals surface area (Å²) in [6.45, 7) is 0.277. The van der Waals surface area contributed by atoms with E-state index in [4.69, 9.17) is 20.6 Å². The standard InChI is InChI=1S/C19H18O3/c1-4-11-22-17-9-7-15(8-10-17)5-6-16-12-18(20-2)14-19(13-16)21-3/h1,5-10,12-14H,11H2,2-3H3/b6-5+. The summed E-state index contributed by atoms with van der Waals surface area (Å²) in [5, 5.41) is 0. The molecule has 0 aromatic heterocycles. The lowest BCUT2D eigenvalue weighted by molar-refractivity contribution is 0.370. The molecular formula is C19H18O3. The lowest BCUT2D eigenvalue weighted by Gasteiger charge is -2.06. The summed E-state index contributed by atoms with van der Waals surface area (Å²) < 4.78 is 15.9. The highest BCUT2D eigenvalue weighted by atomic mass is 16.5. The number of hydrogen-bond acceptors (Lipinski definition) is 3. The van der Waals surface area contributed by atoms with Gasteiger partial charge in [0.15, 0.2) is 0 Å². The van der Waals surface area contributed by atoms with Crippen molar-refractivity contribution in [1.29, 1.82) is 0 Å². The van der Waals surface area contributed by atoms with E-state index in [1.54, 1.807) is 14.2 Å². The third-order valence-corrected chi connectivity index (χ3v) is 3.04. The molecule has 2 aromatic rings. The lowest BCUT2D eigenvalue weighted by Crippen LogP contribution is -1.92. The van der Waals surface area contributed by atoms with Crippen molar-refractivity contribution < 1.29 is 14.2 Å². The van der Waals surface area contributed by atoms with Gasteiger partial charge in [0, 0.05) is 6.07 Å². The van der Waals surface area contributed by atoms with Gasteiger partial charge in [-0.15, -0.1) is 6.42 Å². The lowest BCUT2D eigenvalue weighted by atomic mass is 10.1. The van der Waals surface area contributed by atoms with Crippen molar-refractivity contribution in [1.82, 2.24) is 0 Å². The summed E-state index contributed by atoms with van der Waals surface area (Å²) in [6, 6.07) is 13.5. The molecule has 0 aliphatic rings. The zero-order valence-corrected chi connectivity index (χ0v) is 12.7. The fourth-order valence-corrected chi connectivity index (χ4v) is 1.92. The van der Waals surface area contributed by atoms with Crippen LogP contribution in [0.25, 0.3) is 12.2 Å². The van der Waals surface area contributed by atoms with E-state index in [1.165, 1.54) is 0 Å². The Bertz CT molecular complexity index is 657. The van der Waals surface area contributed by atoms with E-state index in [2.05, 4.69) is 5.92 Å². The van der Waals surface area contributed by atoms with Crippen molar-refractivity contribution in [3.8, 4) is 29.6 Å². The van der Waals surface area contributed by atoms with Crippen LogP contribution in [0.15, 0.2) is 42.5 Å². The molecular weight excluding hydrogens is 276 g/mol. The van der Waals surface area contributed by atoms with Crippen molar-refractivity contribution in [3.05, 3.63) is 53.6 Å². The quantitative estimate of drug-likeness (QED) is 0.597. The number of terminal acetylenes is 1. The topological polar surface area (TPSA) is 27.7 Å². The van der Waals surface area contributed by atoms with Gasteiger partial charge >= 0.3 is 0 Å². The normalized spacial score (nSPS) is 10.2. The van der Waals surface area contributed by atoms with Gasteiger partial charge in [-0.1, -0.05) is 30.2 Å². The second kappa shape index (κ2) is 7.80. The van der Waals surface area contributed by atoms with Gasteiger partial charge in [-0.3, -0.25) is 0 Å². The summed E-state index contributed by atoms with van der Waals surface area (Å²) in [5.74, 6) is 4.72. The molecule has 3 nitrogen and oxygen atoms in total. The summed E-state index contributed by atoms with van der Waals surface area (Å²) in [6.07, 6.45) is 9.17. The summed E-state index contributed by atoms with van der Waals surface area (Å²) in [5.41, 5.74) is 2.07. The van der Waals surface area contributed by atoms with Gasteiger partial charge in [0.05, 0.1) is 14.2 Å². The maximum Gasteiger partial charge on any atom is 0.148 e. The molecule has 112 valence electrons. The van der Waals surface area contributed by atoms with E-state index in [0.29, 0.717) is 0 Å². The highest BCUT2D eigenvalue weighted by Crippen LogP contribution is 2.24. The SMILES string of the molecule is C#CCOc1ccc(/C=C/c2cc(OC)cc(OC)c2)cc1. The minimum atomic E-state index is 0.277. The van der Waals surface area contributed by atoms with Gasteiger partial charge in [-0.25, -0.2) is 0 Å². The molecule has 0 unspecified atom stereocenters. The Labute approximate surface area is 131 Å². The van der Waals surface area contributed by atoms with Crippen LogP contribution >= 0.6 is 0 Å². The van der Waals surface area contributed by atoms with Crippen LogP contribution in [0.3, 0.4) is 0 Å². The highest BCUT2D eigenvalue weighted by Gasteiger charge is 1.99. The van der Waals surface area contributed by atoms with E-state index in [9.17, 15) is 0 Å². The van der Waals surface area contributed by atoms with Crippen LogP contribution in [0.1, 0.15) is 11.1 Å². The minimum Gasteiger partial charge on any atom is -0.497 e. The van der Waals surface area contributed by atoms with E-state index in [-0.39, 0.29) is 6.61 Å². The maximum absolute atomic E-state index is 5.34. The Hall–Kier alpha value is -2.86. The fraction of sp³-hybridized carbons (Fsp3) is 0.158. The molecule has 0 saturated heterocycles. The van der Waals surface area contributed by atoms with Crippen molar-refractivity contribution in [2.75, 3.05) is 20.8 Å². The number of ether oxygens (including phenoxy) is 3. The third-order valence-electron chi connectivity index (χ3n) is 3.04. The van der Waals surface area contributed by atoms with Gasteiger partial charge in [0.25, 0.3) is 0 Å². The van der Waals surface area contributed by atoms with E-state index >= 15 is 0 Å². The molecule has 22 heavy (non-hydrogen) atoms. The van der Waals surface area contributed by atoms with Gasteiger partial charge in [-0.05, 0) is 35.4 Å². The van der Waals surface area contributed by atoms with Crippen molar-refractivity contribution in [2.45, 2.75) is 0 Å². The zero-order valence-electron chi connectivity index (χ0n) is 12.7. The van der Waals surface area contributed by atoms with Crippen LogP contribution in [-0.2, 0) is 0 Å². The molecule has 0 radical (unpaired) electrons. The van der Waals surface area contributed by atoms with Gasteiger partial charge in [-0.2, -0.15) is 0 Å². The molecule has 0 aliphatic heterocycles. The highest BCUT2D eigenvalue weighted by molar-refractivity contribution is 5.71. The maximum atomic E-state index is 5.34. The van der Waals surface area contributed by atoms with Gasteiger partial charge in [0.2, 0.25) is 0 Å². The van der Waals surface area contributed by atoms with Crippen LogP contribution in [-0.4, -0.2) is 20.8 Å². The monoisotopic (exact) mass is 294 g/mol. The Morgan fingerprint density at radius 3 is 2.00 bits per heavy atom. The molecule has 3 heteroatoms. The molecule has 2 rings (SSSR count). The van der Waals surface area contributed by atoms with Crippen molar-refractivity contribution >= 4 is 12.2 Å². The molecule has 0 bridgehead atoms. The van der Waals surface area contributed by atoms with Crippen molar-refractivity contribution in [3.63, 3.8) is 0 Å². The number of benzene rings is 2. The first-order valence-electron chi connectivity index (χ1n) is 6.82. The Kier molecular flexibility index (Phi) is 5.50. The molecule has 0 saturated carbocycles. The van der Waals surface area contributed by atoms with E-state index in [0.717, 1.165) is 28.4 Å². The largest absolute Gasteiger partial charge is 0.497 e. The molecule has 0 heterocycles. The molecule has 0 fully saturated rings. The average molecular weight is 294 g/mol. The smallest absolute Gasteiger partial charge is 0.148 e. The first-order chi connectivity index (χ1) is 10.7. The average Bonchev–Trinajstić information content (AvgIpc) is 2.58. The first kappa shape index (κ1) is 15.5. The number of methoxy groups -OCH3 is 2.